The molecule has 82 valence electrons. The van der Waals surface area contributed by atoms with Crippen molar-refractivity contribution >= 4 is 0 Å². The van der Waals surface area contributed by atoms with E-state index in [2.05, 4.69) is 9.97 Å². The Hall–Kier alpha value is -1.16. The van der Waals surface area contributed by atoms with Gasteiger partial charge in [0.25, 0.3) is 0 Å². The van der Waals surface area contributed by atoms with Crippen molar-refractivity contribution in [2.45, 2.75) is 31.6 Å². The van der Waals surface area contributed by atoms with Gasteiger partial charge in [0.1, 0.15) is 12.4 Å². The van der Waals surface area contributed by atoms with Crippen LogP contribution in [0, 0.1) is 0 Å². The number of ether oxygens (including phenoxy) is 1. The number of rotatable bonds is 4. The predicted octanol–water partition coefficient (Wildman–Crippen LogP) is 1.47. The van der Waals surface area contributed by atoms with Crippen molar-refractivity contribution in [3.05, 3.63) is 18.2 Å². The molecule has 0 aromatic carbocycles. The number of nitrogens with zero attached hydrogens (tertiary/aromatic N) is 2. The molecule has 0 saturated heterocycles. The van der Waals surface area contributed by atoms with Gasteiger partial charge in [-0.05, 0) is 12.8 Å². The molecular weight excluding hydrogens is 190 g/mol. The van der Waals surface area contributed by atoms with E-state index in [1.54, 1.807) is 12.4 Å². The lowest BCUT2D eigenvalue weighted by Crippen LogP contribution is -2.11. The monoisotopic (exact) mass is 207 g/mol. The number of hydrogen-bond acceptors (Lipinski definition) is 4. The maximum absolute atomic E-state index is 5.34. The average molecular weight is 207 g/mol. The van der Waals surface area contributed by atoms with Gasteiger partial charge in [-0.1, -0.05) is 12.8 Å². The molecule has 1 aliphatic carbocycles. The summed E-state index contributed by atoms with van der Waals surface area (Å²) in [4.78, 5) is 8.67. The third-order valence-corrected chi connectivity index (χ3v) is 2.76. The van der Waals surface area contributed by atoms with Crippen molar-refractivity contribution < 1.29 is 4.74 Å². The van der Waals surface area contributed by atoms with Crippen LogP contribution in [0.4, 0.5) is 0 Å². The van der Waals surface area contributed by atoms with Crippen LogP contribution < -0.4 is 10.5 Å². The van der Waals surface area contributed by atoms with E-state index in [0.717, 1.165) is 5.82 Å². The molecular formula is C11H17N3O. The summed E-state index contributed by atoms with van der Waals surface area (Å²) in [6.07, 6.45) is 8.55. The largest absolute Gasteiger partial charge is 0.489 e. The first-order valence-corrected chi connectivity index (χ1v) is 5.55. The van der Waals surface area contributed by atoms with Crippen molar-refractivity contribution in [3.63, 3.8) is 0 Å². The lowest BCUT2D eigenvalue weighted by Gasteiger charge is -2.08. The summed E-state index contributed by atoms with van der Waals surface area (Å²) >= 11 is 0. The minimum absolute atomic E-state index is 0.518. The van der Waals surface area contributed by atoms with Gasteiger partial charge in [0.2, 0.25) is 0 Å². The van der Waals surface area contributed by atoms with E-state index in [9.17, 15) is 0 Å². The molecule has 1 aromatic rings. The van der Waals surface area contributed by atoms with Crippen molar-refractivity contribution in [3.8, 4) is 5.75 Å². The van der Waals surface area contributed by atoms with Gasteiger partial charge in [-0.2, -0.15) is 0 Å². The van der Waals surface area contributed by atoms with Crippen LogP contribution in [-0.2, 0) is 0 Å². The van der Waals surface area contributed by atoms with Gasteiger partial charge in [-0.3, -0.25) is 0 Å². The van der Waals surface area contributed by atoms with Crippen molar-refractivity contribution in [2.75, 3.05) is 13.2 Å². The summed E-state index contributed by atoms with van der Waals surface area (Å²) in [7, 11) is 0. The standard InChI is InChI=1S/C11H17N3O/c12-5-6-15-10-7-13-11(14-8-10)9-3-1-2-4-9/h7-9H,1-6,12H2. The van der Waals surface area contributed by atoms with Gasteiger partial charge in [-0.15, -0.1) is 0 Å². The van der Waals surface area contributed by atoms with Crippen LogP contribution in [0.3, 0.4) is 0 Å². The molecule has 4 heteroatoms. The van der Waals surface area contributed by atoms with E-state index in [0.29, 0.717) is 24.8 Å². The van der Waals surface area contributed by atoms with Crippen LogP contribution in [0.5, 0.6) is 5.75 Å². The maximum Gasteiger partial charge on any atom is 0.155 e. The zero-order valence-electron chi connectivity index (χ0n) is 8.85. The third kappa shape index (κ3) is 2.65. The van der Waals surface area contributed by atoms with Gasteiger partial charge in [-0.25, -0.2) is 9.97 Å². The molecule has 0 amide bonds. The van der Waals surface area contributed by atoms with E-state index < -0.39 is 0 Å². The highest BCUT2D eigenvalue weighted by molar-refractivity contribution is 5.14. The fraction of sp³-hybridized carbons (Fsp3) is 0.636. The normalized spacial score (nSPS) is 16.9. The minimum atomic E-state index is 0.518. The van der Waals surface area contributed by atoms with Crippen LogP contribution in [0.2, 0.25) is 0 Å². The first-order chi connectivity index (χ1) is 7.40. The molecule has 4 nitrogen and oxygen atoms in total. The number of nitrogens with two attached hydrogens (primary N) is 1. The molecule has 1 heterocycles. The number of hydrogen-bond donors (Lipinski definition) is 1. The summed E-state index contributed by atoms with van der Waals surface area (Å²) in [5, 5.41) is 0. The topological polar surface area (TPSA) is 61.0 Å². The van der Waals surface area contributed by atoms with E-state index in [4.69, 9.17) is 10.5 Å². The smallest absolute Gasteiger partial charge is 0.155 e. The molecule has 2 rings (SSSR count). The molecule has 0 aliphatic heterocycles. The molecule has 2 N–H and O–H groups in total. The van der Waals surface area contributed by atoms with Crippen molar-refractivity contribution in [1.82, 2.24) is 9.97 Å². The molecule has 1 fully saturated rings. The molecule has 1 aromatic heterocycles. The highest BCUT2D eigenvalue weighted by Crippen LogP contribution is 2.31. The first kappa shape index (κ1) is 10.4. The van der Waals surface area contributed by atoms with E-state index in [1.807, 2.05) is 0 Å². The van der Waals surface area contributed by atoms with E-state index in [-0.39, 0.29) is 0 Å². The molecule has 0 unspecified atom stereocenters. The molecule has 0 atom stereocenters. The molecule has 0 radical (unpaired) electrons. The average Bonchev–Trinajstić information content (AvgIpc) is 2.80. The Balaban J connectivity index is 1.96. The fourth-order valence-corrected chi connectivity index (χ4v) is 1.97. The second-order valence-corrected chi connectivity index (χ2v) is 3.90. The molecule has 0 spiro atoms. The van der Waals surface area contributed by atoms with Gasteiger partial charge >= 0.3 is 0 Å². The Morgan fingerprint density at radius 2 is 1.93 bits per heavy atom. The second-order valence-electron chi connectivity index (χ2n) is 3.90. The second kappa shape index (κ2) is 5.07. The lowest BCUT2D eigenvalue weighted by atomic mass is 10.1. The van der Waals surface area contributed by atoms with Gasteiger partial charge in [0.05, 0.1) is 12.4 Å². The first-order valence-electron chi connectivity index (χ1n) is 5.55. The highest BCUT2D eigenvalue weighted by Gasteiger charge is 2.19. The Morgan fingerprint density at radius 1 is 1.27 bits per heavy atom. The highest BCUT2D eigenvalue weighted by atomic mass is 16.5. The summed E-state index contributed by atoms with van der Waals surface area (Å²) in [5.74, 6) is 2.24. The summed E-state index contributed by atoms with van der Waals surface area (Å²) < 4.78 is 5.32. The zero-order valence-corrected chi connectivity index (χ0v) is 8.85. The minimum Gasteiger partial charge on any atom is -0.489 e. The van der Waals surface area contributed by atoms with Crippen molar-refractivity contribution in [1.29, 1.82) is 0 Å². The van der Waals surface area contributed by atoms with Crippen LogP contribution in [-0.4, -0.2) is 23.1 Å². The zero-order chi connectivity index (χ0) is 10.5. The molecule has 1 aliphatic rings. The Bertz CT molecular complexity index is 293. The van der Waals surface area contributed by atoms with Crippen LogP contribution in [0.25, 0.3) is 0 Å². The fourth-order valence-electron chi connectivity index (χ4n) is 1.97. The van der Waals surface area contributed by atoms with E-state index in [1.165, 1.54) is 25.7 Å². The van der Waals surface area contributed by atoms with E-state index >= 15 is 0 Å². The van der Waals surface area contributed by atoms with Gasteiger partial charge < -0.3 is 10.5 Å². The lowest BCUT2D eigenvalue weighted by molar-refractivity contribution is 0.325. The number of aromatic nitrogens is 2. The third-order valence-electron chi connectivity index (χ3n) is 2.76. The van der Waals surface area contributed by atoms with Crippen LogP contribution in [0.15, 0.2) is 12.4 Å². The Morgan fingerprint density at radius 3 is 2.53 bits per heavy atom. The summed E-state index contributed by atoms with van der Waals surface area (Å²) in [5.41, 5.74) is 5.34. The van der Waals surface area contributed by atoms with Gasteiger partial charge in [0.15, 0.2) is 5.75 Å². The molecule has 1 saturated carbocycles. The predicted molar refractivity (Wildman–Crippen MR) is 57.8 cm³/mol. The quantitative estimate of drug-likeness (QED) is 0.812. The summed E-state index contributed by atoms with van der Waals surface area (Å²) in [6.45, 7) is 1.04. The maximum atomic E-state index is 5.34. The van der Waals surface area contributed by atoms with Crippen LogP contribution >= 0.6 is 0 Å². The molecule has 0 bridgehead atoms. The molecule has 15 heavy (non-hydrogen) atoms. The SMILES string of the molecule is NCCOc1cnc(C2CCCC2)nc1. The Kier molecular flexibility index (Phi) is 3.50. The van der Waals surface area contributed by atoms with Crippen molar-refractivity contribution in [2.24, 2.45) is 5.73 Å². The Labute approximate surface area is 89.9 Å². The van der Waals surface area contributed by atoms with Crippen LogP contribution in [0.1, 0.15) is 37.4 Å². The summed E-state index contributed by atoms with van der Waals surface area (Å²) in [6, 6.07) is 0. The van der Waals surface area contributed by atoms with Gasteiger partial charge in [0, 0.05) is 12.5 Å².